The molecule has 0 radical (unpaired) electrons. The zero-order valence-electron chi connectivity index (χ0n) is 17.9. The summed E-state index contributed by atoms with van der Waals surface area (Å²) >= 11 is 0. The van der Waals surface area contributed by atoms with E-state index in [0.29, 0.717) is 5.75 Å². The van der Waals surface area contributed by atoms with E-state index in [2.05, 4.69) is 87.5 Å². The van der Waals surface area contributed by atoms with Gasteiger partial charge in [0.15, 0.2) is 0 Å². The molecule has 0 heterocycles. The van der Waals surface area contributed by atoms with Crippen molar-refractivity contribution in [2.45, 2.75) is 32.1 Å². The van der Waals surface area contributed by atoms with Crippen molar-refractivity contribution in [2.24, 2.45) is 0 Å². The molecule has 4 rings (SSSR count). The van der Waals surface area contributed by atoms with Crippen LogP contribution in [0.1, 0.15) is 48.9 Å². The molecule has 0 aromatic heterocycles. The van der Waals surface area contributed by atoms with Gasteiger partial charge in [-0.15, -0.1) is 0 Å². The van der Waals surface area contributed by atoms with Crippen LogP contribution in [-0.4, -0.2) is 5.11 Å². The van der Waals surface area contributed by atoms with Gasteiger partial charge in [-0.05, 0) is 33.3 Å². The summed E-state index contributed by atoms with van der Waals surface area (Å²) in [6, 6.07) is 27.1. The average molecular weight is 485 g/mol. The van der Waals surface area contributed by atoms with Gasteiger partial charge in [-0.25, -0.2) is 0 Å². The first-order valence-corrected chi connectivity index (χ1v) is 9.82. The number of hydrogen-bond acceptors (Lipinski definition) is 1. The molecule has 158 valence electrons. The smallest absolute Gasteiger partial charge is 1.00 e. The van der Waals surface area contributed by atoms with Gasteiger partial charge in [0.2, 0.25) is 0 Å². The van der Waals surface area contributed by atoms with E-state index in [1.807, 2.05) is 24.3 Å². The van der Waals surface area contributed by atoms with Gasteiger partial charge in [0, 0.05) is 11.5 Å². The fourth-order valence-corrected chi connectivity index (χ4v) is 3.94. The zero-order valence-corrected chi connectivity index (χ0v) is 21.0. The number of rotatable bonds is 3. The molecule has 1 aliphatic rings. The van der Waals surface area contributed by atoms with Crippen molar-refractivity contribution in [1.82, 2.24) is 0 Å². The number of allylic oxidation sites excluding steroid dienone is 4. The Morgan fingerprint density at radius 3 is 1.52 bits per heavy atom. The number of phenols is 1. The number of para-hydroxylation sites is 1. The molecule has 0 atom stereocenters. The molecule has 0 spiro atoms. The average Bonchev–Trinajstić information content (AvgIpc) is 3.14. The van der Waals surface area contributed by atoms with E-state index in [1.54, 1.807) is 0 Å². The Morgan fingerprint density at radius 2 is 1.10 bits per heavy atom. The van der Waals surface area contributed by atoms with Crippen LogP contribution in [0, 0.1) is 0 Å². The molecule has 1 nitrogen and oxygen atoms in total. The third-order valence-corrected chi connectivity index (χ3v) is 5.39. The summed E-state index contributed by atoms with van der Waals surface area (Å²) in [6.07, 6.45) is 4.55. The molecule has 0 amide bonds. The molecule has 0 aliphatic heterocycles. The molecule has 1 aliphatic carbocycles. The largest absolute Gasteiger partial charge is 2.00 e. The fourth-order valence-electron chi connectivity index (χ4n) is 3.94. The molecular weight excluding hydrogens is 459 g/mol. The monoisotopic (exact) mass is 484 g/mol. The summed E-state index contributed by atoms with van der Waals surface area (Å²) in [5.41, 5.74) is 6.69. The van der Waals surface area contributed by atoms with Crippen LogP contribution in [0.15, 0.2) is 91.0 Å². The number of aromatic hydroxyl groups is 1. The minimum atomic E-state index is -0.101. The van der Waals surface area contributed by atoms with Crippen molar-refractivity contribution in [3.63, 3.8) is 0 Å². The molecule has 4 heteroatoms. The minimum Gasteiger partial charge on any atom is -1.00 e. The van der Waals surface area contributed by atoms with Gasteiger partial charge in [-0.3, -0.25) is 0 Å². The van der Waals surface area contributed by atoms with E-state index >= 15 is 0 Å². The van der Waals surface area contributed by atoms with Crippen LogP contribution in [0.25, 0.3) is 11.1 Å². The van der Waals surface area contributed by atoms with Crippen molar-refractivity contribution in [3.05, 3.63) is 113 Å². The second-order valence-corrected chi connectivity index (χ2v) is 8.41. The van der Waals surface area contributed by atoms with Crippen molar-refractivity contribution in [2.75, 3.05) is 0 Å². The van der Waals surface area contributed by atoms with Crippen LogP contribution >= 0.6 is 0 Å². The molecule has 0 unspecified atom stereocenters. The van der Waals surface area contributed by atoms with Gasteiger partial charge in [0.1, 0.15) is 5.75 Å². The summed E-state index contributed by atoms with van der Waals surface area (Å²) in [6.45, 7) is 6.41. The van der Waals surface area contributed by atoms with Gasteiger partial charge < -0.3 is 29.9 Å². The van der Waals surface area contributed by atoms with E-state index in [0.717, 1.165) is 11.1 Å². The molecule has 0 bridgehead atoms. The quantitative estimate of drug-likeness (QED) is 0.549. The summed E-state index contributed by atoms with van der Waals surface area (Å²) < 4.78 is 0. The first-order valence-electron chi connectivity index (χ1n) is 9.82. The van der Waals surface area contributed by atoms with Crippen molar-refractivity contribution in [1.29, 1.82) is 0 Å². The Kier molecular flexibility index (Phi) is 9.85. The number of hydrogen-bond donors (Lipinski definition) is 1. The standard InChI is InChI=1S/C27H26O.2ClH.Ti/c1-27(2,3)25-16-10-15-22(26(25)28)21-17-23(19-11-6-4-7-12-19)24(18-21)20-13-8-5-9-14-20;;;/h4-18,21,28H,1-3H3;2*1H;/q;;;+2/p-2. The molecule has 3 aromatic carbocycles. The third kappa shape index (κ3) is 5.73. The van der Waals surface area contributed by atoms with Crippen molar-refractivity contribution >= 4 is 11.1 Å². The number of phenolic OH excluding ortho intramolecular Hbond substituents is 1. The van der Waals surface area contributed by atoms with Gasteiger partial charge in [-0.2, -0.15) is 0 Å². The second kappa shape index (κ2) is 11.2. The molecular formula is C27H26Cl2OTi. The molecule has 31 heavy (non-hydrogen) atoms. The molecule has 3 aromatic rings. The first-order chi connectivity index (χ1) is 13.4. The van der Waals surface area contributed by atoms with Crippen LogP contribution in [-0.2, 0) is 27.1 Å². The topological polar surface area (TPSA) is 20.2 Å². The van der Waals surface area contributed by atoms with Crippen LogP contribution < -0.4 is 24.8 Å². The first kappa shape index (κ1) is 27.3. The molecule has 0 fully saturated rings. The van der Waals surface area contributed by atoms with E-state index in [4.69, 9.17) is 0 Å². The summed E-state index contributed by atoms with van der Waals surface area (Å²) in [4.78, 5) is 0. The van der Waals surface area contributed by atoms with E-state index in [-0.39, 0.29) is 57.9 Å². The summed E-state index contributed by atoms with van der Waals surface area (Å²) in [7, 11) is 0. The maximum absolute atomic E-state index is 11.0. The minimum absolute atomic E-state index is 0. The molecule has 0 saturated heterocycles. The molecule has 0 saturated carbocycles. The van der Waals surface area contributed by atoms with Crippen LogP contribution in [0.5, 0.6) is 5.75 Å². The Hall–Kier alpha value is -1.77. The second-order valence-electron chi connectivity index (χ2n) is 8.41. The van der Waals surface area contributed by atoms with Gasteiger partial charge >= 0.3 is 21.7 Å². The van der Waals surface area contributed by atoms with E-state index in [9.17, 15) is 5.11 Å². The van der Waals surface area contributed by atoms with Gasteiger partial charge in [0.05, 0.1) is 0 Å². The Morgan fingerprint density at radius 1 is 0.645 bits per heavy atom. The van der Waals surface area contributed by atoms with Crippen LogP contribution in [0.2, 0.25) is 0 Å². The summed E-state index contributed by atoms with van der Waals surface area (Å²) in [5.74, 6) is 0.460. The molecule has 1 N–H and O–H groups in total. The summed E-state index contributed by atoms with van der Waals surface area (Å²) in [5, 5.41) is 11.0. The predicted octanol–water partition coefficient (Wildman–Crippen LogP) is 0.960. The van der Waals surface area contributed by atoms with E-state index < -0.39 is 0 Å². The van der Waals surface area contributed by atoms with Gasteiger partial charge in [0.25, 0.3) is 0 Å². The Labute approximate surface area is 213 Å². The Bertz CT molecular complexity index is 996. The number of benzene rings is 3. The van der Waals surface area contributed by atoms with Gasteiger partial charge in [-0.1, -0.05) is 112 Å². The SMILES string of the molecule is CC(C)(C)c1cccc(C2C=C(c3ccccc3)C(c3ccccc3)=C2)c1O.[Cl-].[Cl-].[Ti+2]. The maximum Gasteiger partial charge on any atom is 2.00 e. The van der Waals surface area contributed by atoms with Crippen LogP contribution in [0.3, 0.4) is 0 Å². The Balaban J connectivity index is 0.00000160. The maximum atomic E-state index is 11.0. The number of halogens is 2. The van der Waals surface area contributed by atoms with Crippen LogP contribution in [0.4, 0.5) is 0 Å². The third-order valence-electron chi connectivity index (χ3n) is 5.39. The zero-order chi connectivity index (χ0) is 19.7. The predicted molar refractivity (Wildman–Crippen MR) is 118 cm³/mol. The van der Waals surface area contributed by atoms with E-state index in [1.165, 1.54) is 22.3 Å². The fraction of sp³-hybridized carbons (Fsp3) is 0.185. The van der Waals surface area contributed by atoms with Crippen molar-refractivity contribution in [3.8, 4) is 5.75 Å². The normalized spacial score (nSPS) is 13.3. The van der Waals surface area contributed by atoms with Crippen molar-refractivity contribution < 1.29 is 51.6 Å².